The molecule has 1 aromatic rings. The Morgan fingerprint density at radius 3 is 2.95 bits per heavy atom. The lowest BCUT2D eigenvalue weighted by Crippen LogP contribution is -2.55. The van der Waals surface area contributed by atoms with Gasteiger partial charge in [-0.25, -0.2) is 0 Å². The quantitative estimate of drug-likeness (QED) is 0.909. The van der Waals surface area contributed by atoms with Gasteiger partial charge in [0.2, 0.25) is 0 Å². The van der Waals surface area contributed by atoms with Gasteiger partial charge in [0.05, 0.1) is 0 Å². The minimum absolute atomic E-state index is 0.530. The zero-order valence-electron chi connectivity index (χ0n) is 12.6. The molecule has 2 atom stereocenters. The zero-order chi connectivity index (χ0) is 13.9. The standard InChI is InChI=1S/C17H27N3/c1-19-9-10-20(16(11-18)13-19)12-15-7-4-6-14-5-2-3-8-17(14)15/h2-3,5,8,15-16H,4,6-7,9-13,18H2,1H3. The van der Waals surface area contributed by atoms with E-state index >= 15 is 0 Å². The van der Waals surface area contributed by atoms with Gasteiger partial charge in [0.1, 0.15) is 0 Å². The van der Waals surface area contributed by atoms with Gasteiger partial charge in [0, 0.05) is 38.8 Å². The van der Waals surface area contributed by atoms with Gasteiger partial charge in [-0.15, -0.1) is 0 Å². The number of hydrogen-bond acceptors (Lipinski definition) is 3. The minimum atomic E-state index is 0.530. The highest BCUT2D eigenvalue weighted by atomic mass is 15.3. The molecule has 1 fully saturated rings. The molecule has 1 aliphatic carbocycles. The van der Waals surface area contributed by atoms with E-state index in [0.717, 1.165) is 19.6 Å². The van der Waals surface area contributed by atoms with Crippen LogP contribution in [0.1, 0.15) is 29.9 Å². The molecule has 0 radical (unpaired) electrons. The van der Waals surface area contributed by atoms with Crippen LogP contribution in [0.5, 0.6) is 0 Å². The van der Waals surface area contributed by atoms with E-state index in [9.17, 15) is 0 Å². The number of piperazine rings is 1. The van der Waals surface area contributed by atoms with E-state index in [1.165, 1.54) is 32.4 Å². The third-order valence-electron chi connectivity index (χ3n) is 5.03. The number of fused-ring (bicyclic) bond motifs is 1. The lowest BCUT2D eigenvalue weighted by Gasteiger charge is -2.42. The molecule has 3 nitrogen and oxygen atoms in total. The molecule has 2 N–H and O–H groups in total. The van der Waals surface area contributed by atoms with Crippen molar-refractivity contribution in [1.82, 2.24) is 9.80 Å². The molecule has 0 bridgehead atoms. The molecule has 2 unspecified atom stereocenters. The van der Waals surface area contributed by atoms with Crippen molar-refractivity contribution in [2.24, 2.45) is 5.73 Å². The van der Waals surface area contributed by atoms with Gasteiger partial charge in [-0.3, -0.25) is 4.90 Å². The summed E-state index contributed by atoms with van der Waals surface area (Å²) < 4.78 is 0. The van der Waals surface area contributed by atoms with E-state index < -0.39 is 0 Å². The van der Waals surface area contributed by atoms with Gasteiger partial charge in [0.15, 0.2) is 0 Å². The average molecular weight is 273 g/mol. The van der Waals surface area contributed by atoms with Crippen molar-refractivity contribution in [3.05, 3.63) is 35.4 Å². The monoisotopic (exact) mass is 273 g/mol. The summed E-state index contributed by atoms with van der Waals surface area (Å²) in [5, 5.41) is 0. The zero-order valence-corrected chi connectivity index (χ0v) is 12.6. The number of benzene rings is 1. The van der Waals surface area contributed by atoms with Gasteiger partial charge in [-0.05, 0) is 43.4 Å². The first-order valence-electron chi connectivity index (χ1n) is 7.98. The average Bonchev–Trinajstić information content (AvgIpc) is 2.49. The van der Waals surface area contributed by atoms with Gasteiger partial charge in [-0.1, -0.05) is 24.3 Å². The molecule has 0 saturated carbocycles. The Morgan fingerprint density at radius 1 is 1.25 bits per heavy atom. The molecule has 20 heavy (non-hydrogen) atoms. The smallest absolute Gasteiger partial charge is 0.0346 e. The van der Waals surface area contributed by atoms with Crippen LogP contribution in [-0.4, -0.2) is 55.6 Å². The van der Waals surface area contributed by atoms with E-state index in [0.29, 0.717) is 12.0 Å². The second-order valence-electron chi connectivity index (χ2n) is 6.43. The molecule has 3 rings (SSSR count). The molecule has 1 aromatic carbocycles. The highest BCUT2D eigenvalue weighted by Crippen LogP contribution is 2.32. The van der Waals surface area contributed by atoms with Crippen LogP contribution >= 0.6 is 0 Å². The summed E-state index contributed by atoms with van der Waals surface area (Å²) in [5.41, 5.74) is 9.15. The van der Waals surface area contributed by atoms with Crippen LogP contribution in [0.4, 0.5) is 0 Å². The van der Waals surface area contributed by atoms with Gasteiger partial charge < -0.3 is 10.6 Å². The van der Waals surface area contributed by atoms with Crippen LogP contribution in [0.3, 0.4) is 0 Å². The number of likely N-dealkylation sites (N-methyl/N-ethyl adjacent to an activating group) is 1. The lowest BCUT2D eigenvalue weighted by molar-refractivity contribution is 0.0866. The molecular formula is C17H27N3. The summed E-state index contributed by atoms with van der Waals surface area (Å²) in [5.74, 6) is 0.706. The van der Waals surface area contributed by atoms with E-state index in [1.807, 2.05) is 0 Å². The molecule has 1 aliphatic heterocycles. The second kappa shape index (κ2) is 6.25. The molecule has 1 saturated heterocycles. The first kappa shape index (κ1) is 14.1. The first-order valence-corrected chi connectivity index (χ1v) is 7.98. The predicted molar refractivity (Wildman–Crippen MR) is 84.0 cm³/mol. The van der Waals surface area contributed by atoms with Crippen LogP contribution in [0.25, 0.3) is 0 Å². The predicted octanol–water partition coefficient (Wildman–Crippen LogP) is 1.68. The van der Waals surface area contributed by atoms with E-state index in [-0.39, 0.29) is 0 Å². The van der Waals surface area contributed by atoms with Crippen molar-refractivity contribution >= 4 is 0 Å². The van der Waals surface area contributed by atoms with E-state index in [1.54, 1.807) is 11.1 Å². The summed E-state index contributed by atoms with van der Waals surface area (Å²) in [6.07, 6.45) is 3.93. The first-order chi connectivity index (χ1) is 9.78. The maximum atomic E-state index is 5.99. The van der Waals surface area contributed by atoms with Crippen molar-refractivity contribution in [3.63, 3.8) is 0 Å². The van der Waals surface area contributed by atoms with Crippen molar-refractivity contribution in [3.8, 4) is 0 Å². The molecule has 1 heterocycles. The fourth-order valence-corrected chi connectivity index (χ4v) is 3.84. The third kappa shape index (κ3) is 2.90. The number of aryl methyl sites for hydroxylation is 1. The Morgan fingerprint density at radius 2 is 2.10 bits per heavy atom. The van der Waals surface area contributed by atoms with Crippen LogP contribution in [0.15, 0.2) is 24.3 Å². The third-order valence-corrected chi connectivity index (χ3v) is 5.03. The summed E-state index contributed by atoms with van der Waals surface area (Å²) in [6.45, 7) is 5.41. The van der Waals surface area contributed by atoms with Crippen molar-refractivity contribution in [2.75, 3.05) is 39.8 Å². The number of nitrogens with zero attached hydrogens (tertiary/aromatic N) is 2. The lowest BCUT2D eigenvalue weighted by atomic mass is 9.82. The molecule has 0 aromatic heterocycles. The van der Waals surface area contributed by atoms with Crippen LogP contribution in [0, 0.1) is 0 Å². The Labute approximate surface area is 122 Å². The fourth-order valence-electron chi connectivity index (χ4n) is 3.84. The van der Waals surface area contributed by atoms with Gasteiger partial charge >= 0.3 is 0 Å². The van der Waals surface area contributed by atoms with Crippen molar-refractivity contribution in [1.29, 1.82) is 0 Å². The Bertz CT molecular complexity index is 446. The number of rotatable bonds is 3. The van der Waals surface area contributed by atoms with Gasteiger partial charge in [0.25, 0.3) is 0 Å². The summed E-state index contributed by atoms with van der Waals surface area (Å²) in [4.78, 5) is 5.04. The summed E-state index contributed by atoms with van der Waals surface area (Å²) in [7, 11) is 2.20. The number of hydrogen-bond donors (Lipinski definition) is 1. The second-order valence-corrected chi connectivity index (χ2v) is 6.43. The minimum Gasteiger partial charge on any atom is -0.329 e. The largest absolute Gasteiger partial charge is 0.329 e. The van der Waals surface area contributed by atoms with Crippen LogP contribution in [0.2, 0.25) is 0 Å². The van der Waals surface area contributed by atoms with Crippen molar-refractivity contribution < 1.29 is 0 Å². The maximum Gasteiger partial charge on any atom is 0.0346 e. The highest BCUT2D eigenvalue weighted by Gasteiger charge is 2.28. The fraction of sp³-hybridized carbons (Fsp3) is 0.647. The normalized spacial score (nSPS) is 28.3. The SMILES string of the molecule is CN1CCN(CC2CCCc3ccccc32)C(CN)C1. The van der Waals surface area contributed by atoms with Crippen molar-refractivity contribution in [2.45, 2.75) is 31.2 Å². The van der Waals surface area contributed by atoms with Crippen LogP contribution < -0.4 is 5.73 Å². The van der Waals surface area contributed by atoms with Gasteiger partial charge in [-0.2, -0.15) is 0 Å². The topological polar surface area (TPSA) is 32.5 Å². The summed E-state index contributed by atoms with van der Waals surface area (Å²) >= 11 is 0. The molecule has 0 amide bonds. The highest BCUT2D eigenvalue weighted by molar-refractivity contribution is 5.32. The molecular weight excluding hydrogens is 246 g/mol. The van der Waals surface area contributed by atoms with E-state index in [4.69, 9.17) is 5.73 Å². The molecule has 110 valence electrons. The Balaban J connectivity index is 1.72. The van der Waals surface area contributed by atoms with Crippen LogP contribution in [-0.2, 0) is 6.42 Å². The Kier molecular flexibility index (Phi) is 4.39. The molecule has 0 spiro atoms. The number of nitrogens with two attached hydrogens (primary N) is 1. The molecule has 2 aliphatic rings. The summed E-state index contributed by atoms with van der Waals surface area (Å²) in [6, 6.07) is 9.56. The molecule has 3 heteroatoms. The van der Waals surface area contributed by atoms with E-state index in [2.05, 4.69) is 41.1 Å². The maximum absolute atomic E-state index is 5.99. The Hall–Kier alpha value is -0.900.